The molecule has 2 N–H and O–H groups in total. The number of hydrogen-bond donors (Lipinski definition) is 2. The van der Waals surface area contributed by atoms with E-state index in [1.165, 1.54) is 32.3 Å². The quantitative estimate of drug-likeness (QED) is 0.242. The average molecular weight is 707 g/mol. The molecule has 1 aromatic carbocycles. The molecule has 0 radical (unpaired) electrons. The van der Waals surface area contributed by atoms with Gasteiger partial charge in [0.25, 0.3) is 0 Å². The van der Waals surface area contributed by atoms with Crippen molar-refractivity contribution in [2.45, 2.75) is 100 Å². The number of carbonyl (C=O) groups is 5. The topological polar surface area (TPSA) is 172 Å². The molecule has 2 aliphatic carbocycles. The predicted octanol–water partition coefficient (Wildman–Crippen LogP) is 3.98. The van der Waals surface area contributed by atoms with E-state index < -0.39 is 53.6 Å². The summed E-state index contributed by atoms with van der Waals surface area (Å²) in [6.07, 6.45) is 9.85. The van der Waals surface area contributed by atoms with Gasteiger partial charge in [-0.05, 0) is 63.5 Å². The first-order valence-electron chi connectivity index (χ1n) is 17.7. The van der Waals surface area contributed by atoms with Gasteiger partial charge in [-0.1, -0.05) is 25.0 Å². The summed E-state index contributed by atoms with van der Waals surface area (Å²) in [5, 5.41) is 6.32. The van der Waals surface area contributed by atoms with Gasteiger partial charge in [-0.25, -0.2) is 19.4 Å². The lowest BCUT2D eigenvalue weighted by molar-refractivity contribution is -0.148. The highest BCUT2D eigenvalue weighted by molar-refractivity contribution is 5.97. The second kappa shape index (κ2) is 15.6. The molecule has 3 fully saturated rings. The Morgan fingerprint density at radius 3 is 2.49 bits per heavy atom. The van der Waals surface area contributed by atoms with Crippen LogP contribution < -0.4 is 20.1 Å². The largest absolute Gasteiger partial charge is 0.497 e. The number of hydrogen-bond acceptors (Lipinski definition) is 11. The molecule has 14 nitrogen and oxygen atoms in total. The third-order valence-corrected chi connectivity index (χ3v) is 10.3. The summed E-state index contributed by atoms with van der Waals surface area (Å²) in [5.74, 6) is -1.62. The first kappa shape index (κ1) is 35.9. The van der Waals surface area contributed by atoms with Gasteiger partial charge in [0.2, 0.25) is 11.8 Å². The Hall–Kier alpha value is -4.88. The number of benzene rings is 1. The molecule has 4 aliphatic rings. The number of nitrogens with zero attached hydrogens (tertiary/aromatic N) is 2. The minimum atomic E-state index is -1.24. The molecule has 0 bridgehead atoms. The highest BCUT2D eigenvalue weighted by atomic mass is 16.6. The lowest BCUT2D eigenvalue weighted by atomic mass is 10.0. The van der Waals surface area contributed by atoms with Gasteiger partial charge < -0.3 is 39.2 Å². The first-order chi connectivity index (χ1) is 24.6. The Kier molecular flexibility index (Phi) is 11.0. The number of esters is 2. The molecule has 2 aromatic rings. The molecule has 14 heteroatoms. The first-order valence-corrected chi connectivity index (χ1v) is 17.7. The van der Waals surface area contributed by atoms with Crippen LogP contribution in [0.5, 0.6) is 11.5 Å². The number of allylic oxidation sites excluding steroid dienone is 1. The fourth-order valence-electron chi connectivity index (χ4n) is 7.44. The summed E-state index contributed by atoms with van der Waals surface area (Å²) >= 11 is 0. The van der Waals surface area contributed by atoms with Crippen molar-refractivity contribution in [3.05, 3.63) is 42.1 Å². The van der Waals surface area contributed by atoms with E-state index in [2.05, 4.69) is 15.6 Å². The molecule has 5 atom stereocenters. The standard InChI is InChI=1S/C37H46N4O10/c1-47-24-15-16-26-28(17-24)38-29(34(44)48-2)19-31(26)50-25-18-30-32(42)40-37(35(45)49-3)20-22(37)11-7-5-4-6-8-14-27(33(43)41(30)21-25)39-36(46)51-23-12-9-10-13-23/h7,11,15-17,19,22-23,25,27,30H,4-6,8-10,12-14,18,20-21H2,1-3H3,(H,39,46)(H,40,42)/b11-7-/t22-,25+,27-,30-,37+/m0/s1. The van der Waals surface area contributed by atoms with Crippen molar-refractivity contribution < 1.29 is 47.7 Å². The van der Waals surface area contributed by atoms with Crippen LogP contribution in [0.1, 0.15) is 81.1 Å². The highest BCUT2D eigenvalue weighted by Crippen LogP contribution is 2.46. The molecule has 51 heavy (non-hydrogen) atoms. The number of carbonyl (C=O) groups excluding carboxylic acids is 5. The van der Waals surface area contributed by atoms with E-state index in [1.807, 2.05) is 12.2 Å². The zero-order chi connectivity index (χ0) is 36.1. The number of amides is 3. The van der Waals surface area contributed by atoms with Crippen LogP contribution in [0.25, 0.3) is 10.9 Å². The minimum absolute atomic E-state index is 0.00510. The van der Waals surface area contributed by atoms with Crippen LogP contribution in [0.3, 0.4) is 0 Å². The number of methoxy groups -OCH3 is 3. The zero-order valence-electron chi connectivity index (χ0n) is 29.3. The van der Waals surface area contributed by atoms with Crippen molar-refractivity contribution in [1.29, 1.82) is 0 Å². The predicted molar refractivity (Wildman–Crippen MR) is 183 cm³/mol. The van der Waals surface area contributed by atoms with Gasteiger partial charge in [-0.15, -0.1) is 0 Å². The number of nitrogens with one attached hydrogen (secondary N) is 2. The molecule has 1 saturated heterocycles. The van der Waals surface area contributed by atoms with Gasteiger partial charge in [0.1, 0.15) is 41.3 Å². The van der Waals surface area contributed by atoms with Crippen molar-refractivity contribution in [3.8, 4) is 11.5 Å². The normalized spacial score (nSPS) is 27.5. The van der Waals surface area contributed by atoms with Crippen LogP contribution >= 0.6 is 0 Å². The number of fused-ring (bicyclic) bond motifs is 3. The van der Waals surface area contributed by atoms with Crippen LogP contribution in [0.4, 0.5) is 4.79 Å². The van der Waals surface area contributed by atoms with Crippen LogP contribution in [0.2, 0.25) is 0 Å². The van der Waals surface area contributed by atoms with Crippen LogP contribution in [-0.2, 0) is 28.6 Å². The Bertz CT molecular complexity index is 1690. The number of ether oxygens (including phenoxy) is 5. The molecular formula is C37H46N4O10. The van der Waals surface area contributed by atoms with Gasteiger partial charge in [0.05, 0.1) is 33.4 Å². The van der Waals surface area contributed by atoms with E-state index in [0.717, 1.165) is 44.9 Å². The maximum Gasteiger partial charge on any atom is 0.408 e. The highest BCUT2D eigenvalue weighted by Gasteiger charge is 2.62. The van der Waals surface area contributed by atoms with Crippen molar-refractivity contribution in [2.75, 3.05) is 27.9 Å². The lowest BCUT2D eigenvalue weighted by Gasteiger charge is -2.29. The summed E-state index contributed by atoms with van der Waals surface area (Å²) in [5.41, 5.74) is -0.811. The van der Waals surface area contributed by atoms with Gasteiger partial charge in [0, 0.05) is 29.9 Å². The van der Waals surface area contributed by atoms with E-state index in [0.29, 0.717) is 41.7 Å². The molecule has 2 saturated carbocycles. The summed E-state index contributed by atoms with van der Waals surface area (Å²) in [6.45, 7) is -0.00510. The molecule has 6 rings (SSSR count). The molecule has 3 heterocycles. The van der Waals surface area contributed by atoms with Crippen molar-refractivity contribution in [2.24, 2.45) is 5.92 Å². The van der Waals surface area contributed by atoms with E-state index in [-0.39, 0.29) is 30.7 Å². The monoisotopic (exact) mass is 706 g/mol. The van der Waals surface area contributed by atoms with E-state index in [1.54, 1.807) is 18.2 Å². The van der Waals surface area contributed by atoms with Crippen molar-refractivity contribution in [1.82, 2.24) is 20.5 Å². The second-order valence-electron chi connectivity index (χ2n) is 13.7. The maximum atomic E-state index is 14.4. The average Bonchev–Trinajstić information content (AvgIpc) is 3.41. The summed E-state index contributed by atoms with van der Waals surface area (Å²) < 4.78 is 27.5. The summed E-state index contributed by atoms with van der Waals surface area (Å²) in [4.78, 5) is 73.1. The lowest BCUT2D eigenvalue weighted by Crippen LogP contribution is -2.56. The van der Waals surface area contributed by atoms with Gasteiger partial charge >= 0.3 is 18.0 Å². The van der Waals surface area contributed by atoms with Gasteiger partial charge in [-0.3, -0.25) is 9.59 Å². The Labute approximate surface area is 296 Å². The van der Waals surface area contributed by atoms with E-state index in [9.17, 15) is 24.0 Å². The molecule has 0 unspecified atom stereocenters. The second-order valence-corrected chi connectivity index (χ2v) is 13.7. The van der Waals surface area contributed by atoms with Gasteiger partial charge in [0.15, 0.2) is 5.69 Å². The molecule has 3 amide bonds. The maximum absolute atomic E-state index is 14.4. The Morgan fingerprint density at radius 1 is 0.961 bits per heavy atom. The third-order valence-electron chi connectivity index (χ3n) is 10.3. The van der Waals surface area contributed by atoms with Crippen LogP contribution in [-0.4, -0.2) is 97.4 Å². The fraction of sp³-hybridized carbons (Fsp3) is 0.568. The zero-order valence-corrected chi connectivity index (χ0v) is 29.3. The third kappa shape index (κ3) is 7.89. The van der Waals surface area contributed by atoms with E-state index >= 15 is 0 Å². The number of alkyl carbamates (subject to hydrolysis) is 1. The molecule has 0 spiro atoms. The van der Waals surface area contributed by atoms with Gasteiger partial charge in [-0.2, -0.15) is 0 Å². The SMILES string of the molecule is COC(=O)c1cc(O[C@@H]2C[C@H]3C(=O)N[C@]4(C(=O)OC)C[C@@H]4/C=C\CCCCC[C@H](NC(=O)OC4CCCC4)C(=O)N3C2)c2ccc(OC)cc2n1. The smallest absolute Gasteiger partial charge is 0.408 e. The van der Waals surface area contributed by atoms with Crippen molar-refractivity contribution in [3.63, 3.8) is 0 Å². The number of aromatic nitrogens is 1. The molecular weight excluding hydrogens is 660 g/mol. The number of pyridine rings is 1. The minimum Gasteiger partial charge on any atom is -0.497 e. The molecule has 1 aromatic heterocycles. The molecule has 274 valence electrons. The Balaban J connectivity index is 1.32. The summed E-state index contributed by atoms with van der Waals surface area (Å²) in [7, 11) is 4.05. The summed E-state index contributed by atoms with van der Waals surface area (Å²) in [6, 6.07) is 4.63. The van der Waals surface area contributed by atoms with Crippen LogP contribution in [0.15, 0.2) is 36.4 Å². The Morgan fingerprint density at radius 2 is 1.75 bits per heavy atom. The fourth-order valence-corrected chi connectivity index (χ4v) is 7.44. The van der Waals surface area contributed by atoms with Crippen molar-refractivity contribution >= 4 is 40.7 Å². The number of rotatable bonds is 7. The molecule has 2 aliphatic heterocycles. The van der Waals surface area contributed by atoms with Crippen LogP contribution in [0, 0.1) is 5.92 Å². The van der Waals surface area contributed by atoms with E-state index in [4.69, 9.17) is 23.7 Å².